The molecule has 5 nitrogen and oxygen atoms in total. The number of aryl methyl sites for hydroxylation is 1. The van der Waals surface area contributed by atoms with Gasteiger partial charge in [-0.2, -0.15) is 0 Å². The van der Waals surface area contributed by atoms with E-state index in [-0.39, 0.29) is 18.4 Å². The van der Waals surface area contributed by atoms with Gasteiger partial charge in [0.25, 0.3) is 11.7 Å². The summed E-state index contributed by atoms with van der Waals surface area (Å²) in [5.74, 6) is -0.936. The Hall–Kier alpha value is -1.43. The fourth-order valence-corrected chi connectivity index (χ4v) is 3.27. The molecule has 6 heteroatoms. The Morgan fingerprint density at radius 1 is 1.23 bits per heavy atom. The summed E-state index contributed by atoms with van der Waals surface area (Å²) in [4.78, 5) is 26.1. The maximum atomic E-state index is 12.1. The lowest BCUT2D eigenvalue weighted by Gasteiger charge is -2.33. The molecule has 1 unspecified atom stereocenters. The second-order valence-electron chi connectivity index (χ2n) is 5.77. The molecule has 120 valence electrons. The fraction of sp³-hybridized carbons (Fsp3) is 0.500. The number of carbonyl (C=O) groups is 2. The molecule has 0 aliphatic carbocycles. The number of hydrogen-bond donors (Lipinski definition) is 1. The summed E-state index contributed by atoms with van der Waals surface area (Å²) in [5, 5.41) is 2.68. The molecule has 1 fully saturated rings. The number of anilines is 1. The van der Waals surface area contributed by atoms with Gasteiger partial charge in [0, 0.05) is 19.1 Å². The summed E-state index contributed by atoms with van der Waals surface area (Å²) >= 11 is 0. The highest BCUT2D eigenvalue weighted by Gasteiger charge is 2.33. The van der Waals surface area contributed by atoms with E-state index in [1.54, 1.807) is 0 Å². The number of ether oxygens (including phenoxy) is 1. The third-order valence-electron chi connectivity index (χ3n) is 4.54. The largest absolute Gasteiger partial charge is 0.379 e. The Kier molecular flexibility index (Phi) is 4.90. The fourth-order valence-electron chi connectivity index (χ4n) is 3.27. The number of morpholine rings is 1. The van der Waals surface area contributed by atoms with Crippen LogP contribution in [-0.2, 0) is 9.53 Å². The van der Waals surface area contributed by atoms with Gasteiger partial charge in [-0.15, -0.1) is 12.4 Å². The minimum Gasteiger partial charge on any atom is -0.379 e. The molecule has 2 heterocycles. The predicted molar refractivity (Wildman–Crippen MR) is 86.9 cm³/mol. The molecule has 2 aliphatic heterocycles. The highest BCUT2D eigenvalue weighted by Crippen LogP contribution is 2.36. The first-order valence-corrected chi connectivity index (χ1v) is 7.32. The standard InChI is InChI=1S/C16H20N2O3.ClH/c1-9-8-12(11(3)18-4-6-21-7-5-18)10(2)13-14(9)17-16(20)15(13)19;/h8,11H,4-7H2,1-3H3,(H,17,19,20);1H. The lowest BCUT2D eigenvalue weighted by Crippen LogP contribution is -2.38. The molecule has 0 radical (unpaired) electrons. The maximum Gasteiger partial charge on any atom is 0.296 e. The highest BCUT2D eigenvalue weighted by molar-refractivity contribution is 6.52. The summed E-state index contributed by atoms with van der Waals surface area (Å²) in [6.07, 6.45) is 0. The lowest BCUT2D eigenvalue weighted by atomic mass is 9.92. The third-order valence-corrected chi connectivity index (χ3v) is 4.54. The molecule has 1 amide bonds. The number of fused-ring (bicyclic) bond motifs is 1. The number of amides is 1. The van der Waals surface area contributed by atoms with Gasteiger partial charge in [0.05, 0.1) is 24.5 Å². The first-order valence-electron chi connectivity index (χ1n) is 7.32. The number of benzene rings is 1. The van der Waals surface area contributed by atoms with Gasteiger partial charge >= 0.3 is 0 Å². The first-order chi connectivity index (χ1) is 10.0. The van der Waals surface area contributed by atoms with E-state index in [1.807, 2.05) is 13.8 Å². The normalized spacial score (nSPS) is 19.4. The van der Waals surface area contributed by atoms with Gasteiger partial charge in [-0.1, -0.05) is 6.07 Å². The zero-order valence-electron chi connectivity index (χ0n) is 13.1. The van der Waals surface area contributed by atoms with Crippen LogP contribution < -0.4 is 5.32 Å². The molecule has 2 aliphatic rings. The lowest BCUT2D eigenvalue weighted by molar-refractivity contribution is -0.112. The zero-order valence-corrected chi connectivity index (χ0v) is 13.9. The zero-order chi connectivity index (χ0) is 15.1. The number of nitrogens with one attached hydrogen (secondary N) is 1. The molecule has 0 bridgehead atoms. The molecule has 1 atom stereocenters. The van der Waals surface area contributed by atoms with E-state index in [9.17, 15) is 9.59 Å². The minimum atomic E-state index is -0.521. The van der Waals surface area contributed by atoms with E-state index in [2.05, 4.69) is 23.2 Å². The van der Waals surface area contributed by atoms with Gasteiger partial charge in [-0.05, 0) is 37.5 Å². The van der Waals surface area contributed by atoms with Crippen molar-refractivity contribution < 1.29 is 14.3 Å². The quantitative estimate of drug-likeness (QED) is 0.848. The molecule has 0 spiro atoms. The van der Waals surface area contributed by atoms with Crippen molar-refractivity contribution in [1.82, 2.24) is 4.90 Å². The summed E-state index contributed by atoms with van der Waals surface area (Å²) in [6, 6.07) is 2.30. The Morgan fingerprint density at radius 3 is 2.50 bits per heavy atom. The van der Waals surface area contributed by atoms with E-state index in [0.29, 0.717) is 11.3 Å². The molecular weight excluding hydrogens is 304 g/mol. The van der Waals surface area contributed by atoms with E-state index in [0.717, 1.165) is 43.0 Å². The Balaban J connectivity index is 0.00000176. The smallest absolute Gasteiger partial charge is 0.296 e. The van der Waals surface area contributed by atoms with Gasteiger partial charge in [0.1, 0.15) is 0 Å². The number of Topliss-reactive ketones (excluding diaryl/α,β-unsaturated/α-hetero) is 1. The van der Waals surface area contributed by atoms with E-state index in [4.69, 9.17) is 4.74 Å². The molecule has 22 heavy (non-hydrogen) atoms. The molecule has 1 aromatic carbocycles. The number of hydrogen-bond acceptors (Lipinski definition) is 4. The van der Waals surface area contributed by atoms with Gasteiger partial charge in [0.15, 0.2) is 0 Å². The minimum absolute atomic E-state index is 0. The molecule has 0 aromatic heterocycles. The van der Waals surface area contributed by atoms with Crippen molar-refractivity contribution in [3.05, 3.63) is 28.3 Å². The van der Waals surface area contributed by atoms with Crippen LogP contribution in [0.15, 0.2) is 6.07 Å². The van der Waals surface area contributed by atoms with Crippen molar-refractivity contribution in [3.63, 3.8) is 0 Å². The Bertz CT molecular complexity index is 624. The van der Waals surface area contributed by atoms with Crippen LogP contribution in [0.4, 0.5) is 5.69 Å². The Labute approximate surface area is 136 Å². The van der Waals surface area contributed by atoms with Crippen LogP contribution in [0.1, 0.15) is 40.0 Å². The summed E-state index contributed by atoms with van der Waals surface area (Å²) in [6.45, 7) is 9.28. The molecule has 0 saturated carbocycles. The molecule has 1 N–H and O–H groups in total. The van der Waals surface area contributed by atoms with Crippen LogP contribution in [0.3, 0.4) is 0 Å². The third kappa shape index (κ3) is 2.64. The second-order valence-corrected chi connectivity index (χ2v) is 5.77. The summed E-state index contributed by atoms with van der Waals surface area (Å²) in [5.41, 5.74) is 4.22. The van der Waals surface area contributed by atoms with E-state index in [1.165, 1.54) is 0 Å². The number of halogens is 1. The van der Waals surface area contributed by atoms with Crippen molar-refractivity contribution in [3.8, 4) is 0 Å². The van der Waals surface area contributed by atoms with E-state index >= 15 is 0 Å². The predicted octanol–water partition coefficient (Wildman–Crippen LogP) is 2.25. The average molecular weight is 325 g/mol. The van der Waals surface area contributed by atoms with Gasteiger partial charge in [-0.25, -0.2) is 0 Å². The summed E-state index contributed by atoms with van der Waals surface area (Å²) in [7, 11) is 0. The van der Waals surface area contributed by atoms with Crippen LogP contribution in [0.25, 0.3) is 0 Å². The van der Waals surface area contributed by atoms with Crippen molar-refractivity contribution in [1.29, 1.82) is 0 Å². The number of ketones is 1. The Morgan fingerprint density at radius 2 is 1.86 bits per heavy atom. The van der Waals surface area contributed by atoms with Crippen molar-refractivity contribution in [2.75, 3.05) is 31.6 Å². The summed E-state index contributed by atoms with van der Waals surface area (Å²) < 4.78 is 5.39. The first kappa shape index (κ1) is 16.9. The van der Waals surface area contributed by atoms with Crippen molar-refractivity contribution in [2.24, 2.45) is 0 Å². The van der Waals surface area contributed by atoms with Gasteiger partial charge in [0.2, 0.25) is 0 Å². The highest BCUT2D eigenvalue weighted by atomic mass is 35.5. The number of nitrogens with zero attached hydrogens (tertiary/aromatic N) is 1. The topological polar surface area (TPSA) is 58.6 Å². The monoisotopic (exact) mass is 324 g/mol. The SMILES string of the molecule is Cc1cc(C(C)N2CCOCC2)c(C)c2c1NC(=O)C2=O.Cl. The van der Waals surface area contributed by atoms with Crippen LogP contribution in [0, 0.1) is 13.8 Å². The molecule has 1 saturated heterocycles. The van der Waals surface area contributed by atoms with Gasteiger partial charge in [-0.3, -0.25) is 14.5 Å². The van der Waals surface area contributed by atoms with Crippen molar-refractivity contribution >= 4 is 29.8 Å². The molecule has 1 aromatic rings. The van der Waals surface area contributed by atoms with E-state index < -0.39 is 11.7 Å². The van der Waals surface area contributed by atoms with Gasteiger partial charge < -0.3 is 10.1 Å². The molecular formula is C16H21ClN2O3. The van der Waals surface area contributed by atoms with Crippen LogP contribution >= 0.6 is 12.4 Å². The second kappa shape index (κ2) is 6.36. The number of carbonyl (C=O) groups excluding carboxylic acids is 2. The average Bonchev–Trinajstić information content (AvgIpc) is 2.80. The number of rotatable bonds is 2. The van der Waals surface area contributed by atoms with Crippen LogP contribution in [0.2, 0.25) is 0 Å². The van der Waals surface area contributed by atoms with Crippen LogP contribution in [-0.4, -0.2) is 42.9 Å². The maximum absolute atomic E-state index is 12.1. The molecule has 3 rings (SSSR count). The van der Waals surface area contributed by atoms with Crippen molar-refractivity contribution in [2.45, 2.75) is 26.8 Å². The van der Waals surface area contributed by atoms with Crippen LogP contribution in [0.5, 0.6) is 0 Å².